The molecule has 0 saturated heterocycles. The molecule has 0 atom stereocenters. The number of hydrogen-bond donors (Lipinski definition) is 0. The van der Waals surface area contributed by atoms with Crippen LogP contribution in [0.2, 0.25) is 0 Å². The van der Waals surface area contributed by atoms with Crippen LogP contribution in [0, 0.1) is 0 Å². The van der Waals surface area contributed by atoms with Crippen molar-refractivity contribution in [3.8, 4) is 11.5 Å². The Kier molecular flexibility index (Phi) is 9.42. The van der Waals surface area contributed by atoms with E-state index in [2.05, 4.69) is 16.8 Å². The fourth-order valence-electron chi connectivity index (χ4n) is 2.41. The van der Waals surface area contributed by atoms with E-state index in [1.54, 1.807) is 14.0 Å². The Morgan fingerprint density at radius 1 is 0.828 bits per heavy atom. The molecule has 154 valence electrons. The first-order chi connectivity index (χ1) is 14.1. The summed E-state index contributed by atoms with van der Waals surface area (Å²) in [5.41, 5.74) is 1.96. The number of ether oxygens (including phenoxy) is 3. The molecule has 0 aliphatic rings. The highest BCUT2D eigenvalue weighted by atomic mass is 16.5. The van der Waals surface area contributed by atoms with Gasteiger partial charge in [-0.1, -0.05) is 6.58 Å². The van der Waals surface area contributed by atoms with Crippen LogP contribution >= 0.6 is 0 Å². The zero-order chi connectivity index (χ0) is 20.9. The molecule has 0 bridgehead atoms. The van der Waals surface area contributed by atoms with Crippen molar-refractivity contribution in [3.63, 3.8) is 0 Å². The van der Waals surface area contributed by atoms with Crippen LogP contribution in [-0.2, 0) is 9.53 Å². The molecule has 2 aromatic rings. The number of carbonyl (C=O) groups excluding carboxylic acids is 1. The topological polar surface area (TPSA) is 69.5 Å². The number of unbranched alkanes of at least 4 members (excludes halogenated alkanes) is 3. The summed E-state index contributed by atoms with van der Waals surface area (Å²) in [6.07, 6.45) is 3.83. The third kappa shape index (κ3) is 8.60. The van der Waals surface area contributed by atoms with Crippen molar-refractivity contribution >= 4 is 17.3 Å². The summed E-state index contributed by atoms with van der Waals surface area (Å²) in [6.45, 7) is 6.30. The molecule has 0 spiro atoms. The van der Waals surface area contributed by atoms with Crippen molar-refractivity contribution in [2.45, 2.75) is 32.6 Å². The third-order valence-corrected chi connectivity index (χ3v) is 4.08. The van der Waals surface area contributed by atoms with Gasteiger partial charge in [0.25, 0.3) is 0 Å². The lowest BCUT2D eigenvalue weighted by Gasteiger charge is -2.07. The maximum Gasteiger partial charge on any atom is 0.333 e. The van der Waals surface area contributed by atoms with E-state index < -0.39 is 0 Å². The number of nitrogens with zero attached hydrogens (tertiary/aromatic N) is 2. The number of benzene rings is 2. The summed E-state index contributed by atoms with van der Waals surface area (Å²) in [6, 6.07) is 14.9. The van der Waals surface area contributed by atoms with Crippen molar-refractivity contribution < 1.29 is 19.0 Å². The maximum absolute atomic E-state index is 11.2. The second-order valence-electron chi connectivity index (χ2n) is 6.57. The van der Waals surface area contributed by atoms with Crippen molar-refractivity contribution in [1.29, 1.82) is 0 Å². The van der Waals surface area contributed by atoms with E-state index in [1.807, 2.05) is 48.5 Å². The Labute approximate surface area is 172 Å². The molecule has 0 amide bonds. The van der Waals surface area contributed by atoms with E-state index in [0.29, 0.717) is 18.8 Å². The largest absolute Gasteiger partial charge is 0.497 e. The van der Waals surface area contributed by atoms with Gasteiger partial charge >= 0.3 is 5.97 Å². The molecule has 2 rings (SSSR count). The summed E-state index contributed by atoms with van der Waals surface area (Å²) < 4.78 is 15.9. The van der Waals surface area contributed by atoms with Gasteiger partial charge in [0.2, 0.25) is 0 Å². The standard InChI is InChI=1S/C23H28N2O4/c1-18(2)23(26)29-17-7-5-4-6-16-28-22-14-10-20(11-15-22)25-24-19-8-12-21(27-3)13-9-19/h8-15H,1,4-7,16-17H2,2-3H3. The molecule has 0 N–H and O–H groups in total. The molecular formula is C23H28N2O4. The Bertz CT molecular complexity index is 799. The summed E-state index contributed by atoms with van der Waals surface area (Å²) >= 11 is 0. The van der Waals surface area contributed by atoms with Gasteiger partial charge in [-0.2, -0.15) is 10.2 Å². The van der Waals surface area contributed by atoms with Crippen LogP contribution < -0.4 is 9.47 Å². The monoisotopic (exact) mass is 396 g/mol. The molecule has 0 heterocycles. The number of rotatable bonds is 12. The summed E-state index contributed by atoms with van der Waals surface area (Å²) in [4.78, 5) is 11.2. The normalized spacial score (nSPS) is 10.7. The molecule has 0 unspecified atom stereocenters. The lowest BCUT2D eigenvalue weighted by molar-refractivity contribution is -0.139. The van der Waals surface area contributed by atoms with Gasteiger partial charge in [-0.3, -0.25) is 0 Å². The molecule has 6 nitrogen and oxygen atoms in total. The average molecular weight is 396 g/mol. The molecule has 6 heteroatoms. The van der Waals surface area contributed by atoms with Crippen LogP contribution in [0.25, 0.3) is 0 Å². The number of azo groups is 1. The zero-order valence-electron chi connectivity index (χ0n) is 17.1. The van der Waals surface area contributed by atoms with Gasteiger partial charge < -0.3 is 14.2 Å². The first-order valence-electron chi connectivity index (χ1n) is 9.70. The molecule has 0 fully saturated rings. The highest BCUT2D eigenvalue weighted by molar-refractivity contribution is 5.86. The summed E-state index contributed by atoms with van der Waals surface area (Å²) in [7, 11) is 1.63. The van der Waals surface area contributed by atoms with Crippen molar-refractivity contribution in [2.24, 2.45) is 10.2 Å². The fraction of sp³-hybridized carbons (Fsp3) is 0.348. The number of esters is 1. The highest BCUT2D eigenvalue weighted by Gasteiger charge is 2.02. The zero-order valence-corrected chi connectivity index (χ0v) is 17.1. The molecular weight excluding hydrogens is 368 g/mol. The van der Waals surface area contributed by atoms with Crippen molar-refractivity contribution in [2.75, 3.05) is 20.3 Å². The Morgan fingerprint density at radius 3 is 1.86 bits per heavy atom. The average Bonchev–Trinajstić information content (AvgIpc) is 2.75. The Balaban J connectivity index is 1.61. The van der Waals surface area contributed by atoms with E-state index in [-0.39, 0.29) is 5.97 Å². The molecule has 29 heavy (non-hydrogen) atoms. The minimum absolute atomic E-state index is 0.319. The first kappa shape index (κ1) is 22.1. The van der Waals surface area contributed by atoms with E-state index in [1.165, 1.54) is 0 Å². The third-order valence-electron chi connectivity index (χ3n) is 4.08. The van der Waals surface area contributed by atoms with Crippen LogP contribution in [0.3, 0.4) is 0 Å². The predicted octanol–water partition coefficient (Wildman–Crippen LogP) is 6.17. The van der Waals surface area contributed by atoms with E-state index in [0.717, 1.165) is 48.6 Å². The summed E-state index contributed by atoms with van der Waals surface area (Å²) in [5, 5.41) is 8.43. The predicted molar refractivity (Wildman–Crippen MR) is 113 cm³/mol. The molecule has 2 aromatic carbocycles. The molecule has 0 aromatic heterocycles. The van der Waals surface area contributed by atoms with Gasteiger partial charge in [0.1, 0.15) is 11.5 Å². The second-order valence-corrected chi connectivity index (χ2v) is 6.57. The van der Waals surface area contributed by atoms with E-state index in [4.69, 9.17) is 14.2 Å². The van der Waals surface area contributed by atoms with Crippen molar-refractivity contribution in [1.82, 2.24) is 0 Å². The summed E-state index contributed by atoms with van der Waals surface area (Å²) in [5.74, 6) is 1.28. The fourth-order valence-corrected chi connectivity index (χ4v) is 2.41. The van der Waals surface area contributed by atoms with Gasteiger partial charge in [-0.15, -0.1) is 0 Å². The van der Waals surface area contributed by atoms with Crippen LogP contribution in [-0.4, -0.2) is 26.3 Å². The smallest absolute Gasteiger partial charge is 0.333 e. The quantitative estimate of drug-likeness (QED) is 0.186. The number of hydrogen-bond acceptors (Lipinski definition) is 6. The van der Waals surface area contributed by atoms with E-state index >= 15 is 0 Å². The first-order valence-corrected chi connectivity index (χ1v) is 9.70. The lowest BCUT2D eigenvalue weighted by atomic mass is 10.2. The Morgan fingerprint density at radius 2 is 1.34 bits per heavy atom. The van der Waals surface area contributed by atoms with Gasteiger partial charge in [0.15, 0.2) is 0 Å². The van der Waals surface area contributed by atoms with Gasteiger partial charge in [-0.25, -0.2) is 4.79 Å². The minimum atomic E-state index is -0.319. The molecule has 0 aliphatic carbocycles. The highest BCUT2D eigenvalue weighted by Crippen LogP contribution is 2.23. The minimum Gasteiger partial charge on any atom is -0.497 e. The van der Waals surface area contributed by atoms with E-state index in [9.17, 15) is 4.79 Å². The van der Waals surface area contributed by atoms with Crippen LogP contribution in [0.1, 0.15) is 32.6 Å². The van der Waals surface area contributed by atoms with Crippen molar-refractivity contribution in [3.05, 3.63) is 60.7 Å². The molecule has 0 aliphatic heterocycles. The molecule has 0 radical (unpaired) electrons. The van der Waals surface area contributed by atoms with Crippen LogP contribution in [0.15, 0.2) is 70.9 Å². The SMILES string of the molecule is C=C(C)C(=O)OCCCCCCOc1ccc(N=Nc2ccc(OC)cc2)cc1. The lowest BCUT2D eigenvalue weighted by Crippen LogP contribution is -2.06. The van der Waals surface area contributed by atoms with Crippen LogP contribution in [0.5, 0.6) is 11.5 Å². The number of methoxy groups -OCH3 is 1. The number of carbonyl (C=O) groups is 1. The van der Waals surface area contributed by atoms with Gasteiger partial charge in [0, 0.05) is 5.57 Å². The van der Waals surface area contributed by atoms with Gasteiger partial charge in [0.05, 0.1) is 31.7 Å². The van der Waals surface area contributed by atoms with Crippen LogP contribution in [0.4, 0.5) is 11.4 Å². The Hall–Kier alpha value is -3.15. The second kappa shape index (κ2) is 12.3. The van der Waals surface area contributed by atoms with Gasteiger partial charge in [-0.05, 0) is 81.1 Å². The maximum atomic E-state index is 11.2. The molecule has 0 saturated carbocycles.